The van der Waals surface area contributed by atoms with Crippen LogP contribution in [0.5, 0.6) is 5.75 Å². The van der Waals surface area contributed by atoms with Gasteiger partial charge in [0.15, 0.2) is 5.82 Å². The summed E-state index contributed by atoms with van der Waals surface area (Å²) in [6.45, 7) is 5.74. The molecule has 1 atom stereocenters. The highest BCUT2D eigenvalue weighted by atomic mass is 16.5. The van der Waals surface area contributed by atoms with Crippen LogP contribution >= 0.6 is 0 Å². The van der Waals surface area contributed by atoms with Gasteiger partial charge in [-0.1, -0.05) is 19.1 Å². The normalized spacial score (nSPS) is 15.8. The first-order valence-electron chi connectivity index (χ1n) is 8.38. The summed E-state index contributed by atoms with van der Waals surface area (Å²) in [6, 6.07) is 8.37. The van der Waals surface area contributed by atoms with Crippen LogP contribution in [0.4, 0.5) is 0 Å². The maximum atomic E-state index is 5.23. The average Bonchev–Trinajstić information content (AvgIpc) is 2.62. The van der Waals surface area contributed by atoms with Gasteiger partial charge in [0.2, 0.25) is 0 Å². The van der Waals surface area contributed by atoms with Crippen LogP contribution in [0.2, 0.25) is 0 Å². The minimum atomic E-state index is 0.478. The predicted molar refractivity (Wildman–Crippen MR) is 93.1 cm³/mol. The molecule has 0 saturated carbocycles. The Bertz CT molecular complexity index is 673. The fourth-order valence-electron chi connectivity index (χ4n) is 3.20. The van der Waals surface area contributed by atoms with Crippen LogP contribution in [0.1, 0.15) is 35.5 Å². The standard InChI is InChI=1S/C19H25N3O2/c1-14(15-4-6-17(24-3)7-5-15)11-22-9-8-18-16(12-22)10-20-19(21-18)13-23-2/h4-7,10,14H,8-9,11-13H2,1-3H3/t14-/m0/s1. The maximum Gasteiger partial charge on any atom is 0.154 e. The largest absolute Gasteiger partial charge is 0.497 e. The third-order valence-corrected chi connectivity index (χ3v) is 4.55. The minimum Gasteiger partial charge on any atom is -0.497 e. The van der Waals surface area contributed by atoms with Crippen LogP contribution in [-0.4, -0.2) is 42.2 Å². The highest BCUT2D eigenvalue weighted by Gasteiger charge is 2.20. The second-order valence-corrected chi connectivity index (χ2v) is 6.35. The Morgan fingerprint density at radius 2 is 2.00 bits per heavy atom. The van der Waals surface area contributed by atoms with Gasteiger partial charge in [-0.25, -0.2) is 9.97 Å². The molecule has 5 heteroatoms. The smallest absolute Gasteiger partial charge is 0.154 e. The van der Waals surface area contributed by atoms with E-state index in [1.54, 1.807) is 14.2 Å². The molecule has 2 aromatic rings. The molecule has 0 bridgehead atoms. The Morgan fingerprint density at radius 3 is 2.71 bits per heavy atom. The van der Waals surface area contributed by atoms with Gasteiger partial charge < -0.3 is 9.47 Å². The molecule has 1 aromatic carbocycles. The van der Waals surface area contributed by atoms with Crippen molar-refractivity contribution >= 4 is 0 Å². The average molecular weight is 327 g/mol. The molecule has 128 valence electrons. The first-order chi connectivity index (χ1) is 11.7. The van der Waals surface area contributed by atoms with Crippen molar-refractivity contribution in [3.8, 4) is 5.75 Å². The molecule has 0 unspecified atom stereocenters. The molecule has 1 aromatic heterocycles. The van der Waals surface area contributed by atoms with E-state index in [4.69, 9.17) is 9.47 Å². The summed E-state index contributed by atoms with van der Waals surface area (Å²) < 4.78 is 10.3. The van der Waals surface area contributed by atoms with E-state index < -0.39 is 0 Å². The molecule has 0 spiro atoms. The first kappa shape index (κ1) is 16.9. The summed E-state index contributed by atoms with van der Waals surface area (Å²) in [7, 11) is 3.37. The van der Waals surface area contributed by atoms with Crippen molar-refractivity contribution in [1.29, 1.82) is 0 Å². The van der Waals surface area contributed by atoms with Gasteiger partial charge in [0, 0.05) is 50.6 Å². The molecular weight excluding hydrogens is 302 g/mol. The second kappa shape index (κ2) is 7.73. The van der Waals surface area contributed by atoms with Gasteiger partial charge in [-0.05, 0) is 23.6 Å². The van der Waals surface area contributed by atoms with Gasteiger partial charge in [-0.15, -0.1) is 0 Å². The molecule has 0 N–H and O–H groups in total. The number of aromatic nitrogens is 2. The van der Waals surface area contributed by atoms with Crippen LogP contribution in [0.25, 0.3) is 0 Å². The number of benzene rings is 1. The predicted octanol–water partition coefficient (Wildman–Crippen LogP) is 2.79. The van der Waals surface area contributed by atoms with Gasteiger partial charge in [-0.3, -0.25) is 4.90 Å². The highest BCUT2D eigenvalue weighted by molar-refractivity contribution is 5.29. The van der Waals surface area contributed by atoms with E-state index in [9.17, 15) is 0 Å². The first-order valence-corrected chi connectivity index (χ1v) is 8.38. The number of hydrogen-bond donors (Lipinski definition) is 0. The molecule has 0 fully saturated rings. The third kappa shape index (κ3) is 3.91. The van der Waals surface area contributed by atoms with Crippen LogP contribution in [0.3, 0.4) is 0 Å². The number of methoxy groups -OCH3 is 2. The van der Waals surface area contributed by atoms with E-state index in [2.05, 4.69) is 33.9 Å². The lowest BCUT2D eigenvalue weighted by atomic mass is 9.98. The molecule has 0 radical (unpaired) electrons. The Labute approximate surface area is 143 Å². The van der Waals surface area contributed by atoms with Gasteiger partial charge in [0.1, 0.15) is 12.4 Å². The zero-order valence-electron chi connectivity index (χ0n) is 14.7. The number of nitrogens with zero attached hydrogens (tertiary/aromatic N) is 3. The van der Waals surface area contributed by atoms with Gasteiger partial charge in [0.05, 0.1) is 7.11 Å². The Morgan fingerprint density at radius 1 is 1.21 bits per heavy atom. The van der Waals surface area contributed by atoms with Crippen LogP contribution in [0.15, 0.2) is 30.5 Å². The van der Waals surface area contributed by atoms with E-state index in [0.717, 1.165) is 37.6 Å². The Kier molecular flexibility index (Phi) is 5.43. The fraction of sp³-hybridized carbons (Fsp3) is 0.474. The number of hydrogen-bond acceptors (Lipinski definition) is 5. The second-order valence-electron chi connectivity index (χ2n) is 6.35. The van der Waals surface area contributed by atoms with Crippen molar-refractivity contribution in [3.63, 3.8) is 0 Å². The van der Waals surface area contributed by atoms with Crippen molar-refractivity contribution in [2.24, 2.45) is 0 Å². The molecule has 3 rings (SSSR count). The number of fused-ring (bicyclic) bond motifs is 1. The lowest BCUT2D eigenvalue weighted by Gasteiger charge is -2.30. The van der Waals surface area contributed by atoms with E-state index in [1.807, 2.05) is 18.3 Å². The lowest BCUT2D eigenvalue weighted by Crippen LogP contribution is -2.34. The van der Waals surface area contributed by atoms with E-state index >= 15 is 0 Å². The molecule has 0 amide bonds. The van der Waals surface area contributed by atoms with E-state index in [0.29, 0.717) is 12.5 Å². The molecule has 1 aliphatic rings. The molecule has 0 saturated heterocycles. The van der Waals surface area contributed by atoms with Gasteiger partial charge in [-0.2, -0.15) is 0 Å². The van der Waals surface area contributed by atoms with E-state index in [1.165, 1.54) is 16.8 Å². The van der Waals surface area contributed by atoms with Gasteiger partial charge in [0.25, 0.3) is 0 Å². The third-order valence-electron chi connectivity index (χ3n) is 4.55. The summed E-state index contributed by atoms with van der Waals surface area (Å²) in [4.78, 5) is 11.5. The molecule has 1 aliphatic heterocycles. The van der Waals surface area contributed by atoms with Crippen molar-refractivity contribution < 1.29 is 9.47 Å². The topological polar surface area (TPSA) is 47.5 Å². The number of rotatable bonds is 6. The minimum absolute atomic E-state index is 0.478. The zero-order valence-corrected chi connectivity index (χ0v) is 14.7. The van der Waals surface area contributed by atoms with Crippen molar-refractivity contribution in [2.45, 2.75) is 32.4 Å². The summed E-state index contributed by atoms with van der Waals surface area (Å²) in [5, 5.41) is 0. The fourth-order valence-corrected chi connectivity index (χ4v) is 3.20. The van der Waals surface area contributed by atoms with Crippen LogP contribution in [0, 0.1) is 0 Å². The summed E-state index contributed by atoms with van der Waals surface area (Å²) in [5.41, 5.74) is 3.75. The van der Waals surface area contributed by atoms with Crippen molar-refractivity contribution in [3.05, 3.63) is 53.1 Å². The summed E-state index contributed by atoms with van der Waals surface area (Å²) >= 11 is 0. The number of ether oxygens (including phenoxy) is 2. The monoisotopic (exact) mass is 327 g/mol. The summed E-state index contributed by atoms with van der Waals surface area (Å²) in [6.07, 6.45) is 2.94. The molecule has 24 heavy (non-hydrogen) atoms. The lowest BCUT2D eigenvalue weighted by molar-refractivity contribution is 0.176. The SMILES string of the molecule is COCc1ncc2c(n1)CCN(C[C@H](C)c1ccc(OC)cc1)C2. The molecule has 5 nitrogen and oxygen atoms in total. The highest BCUT2D eigenvalue weighted by Crippen LogP contribution is 2.23. The van der Waals surface area contributed by atoms with Crippen molar-refractivity contribution in [1.82, 2.24) is 14.9 Å². The van der Waals surface area contributed by atoms with E-state index in [-0.39, 0.29) is 0 Å². The maximum absolute atomic E-state index is 5.23. The molecule has 0 aliphatic carbocycles. The summed E-state index contributed by atoms with van der Waals surface area (Å²) in [5.74, 6) is 2.16. The van der Waals surface area contributed by atoms with Crippen LogP contribution < -0.4 is 4.74 Å². The van der Waals surface area contributed by atoms with Crippen molar-refractivity contribution in [2.75, 3.05) is 27.3 Å². The molecule has 2 heterocycles. The van der Waals surface area contributed by atoms with Gasteiger partial charge >= 0.3 is 0 Å². The molecular formula is C19H25N3O2. The van der Waals surface area contributed by atoms with Crippen LogP contribution in [-0.2, 0) is 24.3 Å². The Balaban J connectivity index is 1.62. The zero-order chi connectivity index (χ0) is 16.9. The quantitative estimate of drug-likeness (QED) is 0.816. The Hall–Kier alpha value is -1.98.